The number of allylic oxidation sites excluding steroid dienone is 1. The molecule has 0 amide bonds. The fourth-order valence-corrected chi connectivity index (χ4v) is 3.77. The lowest BCUT2D eigenvalue weighted by atomic mass is 9.75. The van der Waals surface area contributed by atoms with Crippen LogP contribution in [0.3, 0.4) is 0 Å². The number of hydrogen-bond acceptors (Lipinski definition) is 1. The number of rotatable bonds is 6. The Bertz CT molecular complexity index is 602. The van der Waals surface area contributed by atoms with E-state index >= 15 is 0 Å². The van der Waals surface area contributed by atoms with Crippen LogP contribution in [0.1, 0.15) is 36.8 Å². The van der Waals surface area contributed by atoms with Crippen molar-refractivity contribution in [2.75, 3.05) is 0 Å². The molecule has 0 aromatic heterocycles. The van der Waals surface area contributed by atoms with E-state index in [1.54, 1.807) is 0 Å². The molecular formula is C23H26O. The predicted octanol–water partition coefficient (Wildman–Crippen LogP) is 5.40. The fraction of sp³-hybridized carbons (Fsp3) is 0.348. The molecule has 0 N–H and O–H groups in total. The molecule has 0 aliphatic heterocycles. The van der Waals surface area contributed by atoms with Crippen molar-refractivity contribution in [2.24, 2.45) is 11.8 Å². The first-order valence-electron chi connectivity index (χ1n) is 9.00. The van der Waals surface area contributed by atoms with Crippen LogP contribution in [0.5, 0.6) is 0 Å². The molecule has 1 fully saturated rings. The first-order chi connectivity index (χ1) is 11.7. The van der Waals surface area contributed by atoms with Gasteiger partial charge in [0.25, 0.3) is 0 Å². The van der Waals surface area contributed by atoms with Crippen molar-refractivity contribution in [3.8, 4) is 0 Å². The van der Waals surface area contributed by atoms with Crippen LogP contribution < -0.4 is 0 Å². The standard InChI is InChI=1S/C23H26O/c1-18(16-19-8-4-2-5-9-19)21-12-14-22(15-13-21)23(24)17-20-10-6-3-7-11-20/h2-11,21-22H,1,12-17H2. The number of carbonyl (C=O) groups excluding carboxylic acids is 1. The van der Waals surface area contributed by atoms with Crippen LogP contribution in [0.25, 0.3) is 0 Å². The second-order valence-electron chi connectivity index (χ2n) is 7.00. The van der Waals surface area contributed by atoms with Crippen molar-refractivity contribution in [3.63, 3.8) is 0 Å². The summed E-state index contributed by atoms with van der Waals surface area (Å²) in [6, 6.07) is 20.7. The minimum absolute atomic E-state index is 0.242. The molecule has 0 bridgehead atoms. The third kappa shape index (κ3) is 4.44. The summed E-state index contributed by atoms with van der Waals surface area (Å²) in [5.41, 5.74) is 3.80. The normalized spacial score (nSPS) is 20.5. The molecule has 0 atom stereocenters. The average molecular weight is 318 g/mol. The molecule has 1 heteroatoms. The van der Waals surface area contributed by atoms with Gasteiger partial charge in [-0.2, -0.15) is 0 Å². The average Bonchev–Trinajstić information content (AvgIpc) is 2.63. The molecule has 3 rings (SSSR count). The molecule has 0 radical (unpaired) electrons. The summed E-state index contributed by atoms with van der Waals surface area (Å²) in [4.78, 5) is 12.5. The van der Waals surface area contributed by atoms with Crippen molar-refractivity contribution < 1.29 is 4.79 Å². The first kappa shape index (κ1) is 16.7. The Labute approximate surface area is 145 Å². The summed E-state index contributed by atoms with van der Waals surface area (Å²) in [6.45, 7) is 4.33. The highest BCUT2D eigenvalue weighted by Crippen LogP contribution is 2.34. The van der Waals surface area contributed by atoms with Gasteiger partial charge in [0.15, 0.2) is 0 Å². The number of benzene rings is 2. The SMILES string of the molecule is C=C(Cc1ccccc1)C1CCC(C(=O)Cc2ccccc2)CC1. The van der Waals surface area contributed by atoms with Crippen LogP contribution in [-0.4, -0.2) is 5.78 Å². The van der Waals surface area contributed by atoms with Crippen LogP contribution in [0.2, 0.25) is 0 Å². The highest BCUT2D eigenvalue weighted by atomic mass is 16.1. The lowest BCUT2D eigenvalue weighted by Crippen LogP contribution is -2.24. The maximum atomic E-state index is 12.5. The molecular weight excluding hydrogens is 292 g/mol. The van der Waals surface area contributed by atoms with Crippen LogP contribution in [0.4, 0.5) is 0 Å². The molecule has 0 spiro atoms. The lowest BCUT2D eigenvalue weighted by molar-refractivity contribution is -0.123. The van der Waals surface area contributed by atoms with Gasteiger partial charge in [0.1, 0.15) is 5.78 Å². The first-order valence-corrected chi connectivity index (χ1v) is 9.00. The van der Waals surface area contributed by atoms with Gasteiger partial charge in [-0.25, -0.2) is 0 Å². The fourth-order valence-electron chi connectivity index (χ4n) is 3.77. The Hall–Kier alpha value is -2.15. The van der Waals surface area contributed by atoms with Gasteiger partial charge in [0.05, 0.1) is 0 Å². The maximum Gasteiger partial charge on any atom is 0.140 e. The Kier molecular flexibility index (Phi) is 5.63. The summed E-state index contributed by atoms with van der Waals surface area (Å²) in [5, 5.41) is 0. The Morgan fingerprint density at radius 3 is 1.75 bits per heavy atom. The van der Waals surface area contributed by atoms with E-state index in [9.17, 15) is 4.79 Å². The summed E-state index contributed by atoms with van der Waals surface area (Å²) >= 11 is 0. The Morgan fingerprint density at radius 2 is 1.21 bits per heavy atom. The van der Waals surface area contributed by atoms with Gasteiger partial charge in [-0.15, -0.1) is 0 Å². The molecule has 124 valence electrons. The molecule has 1 saturated carbocycles. The zero-order valence-corrected chi connectivity index (χ0v) is 14.3. The minimum Gasteiger partial charge on any atom is -0.299 e. The summed E-state index contributed by atoms with van der Waals surface area (Å²) in [5.74, 6) is 1.23. The third-order valence-corrected chi connectivity index (χ3v) is 5.26. The van der Waals surface area contributed by atoms with E-state index in [2.05, 4.69) is 36.9 Å². The summed E-state index contributed by atoms with van der Waals surface area (Å²) < 4.78 is 0. The number of hydrogen-bond donors (Lipinski definition) is 0. The van der Waals surface area contributed by atoms with Gasteiger partial charge >= 0.3 is 0 Å². The Balaban J connectivity index is 1.48. The minimum atomic E-state index is 0.242. The molecule has 1 aliphatic rings. The molecule has 2 aromatic carbocycles. The highest BCUT2D eigenvalue weighted by Gasteiger charge is 2.27. The number of ketones is 1. The van der Waals surface area contributed by atoms with Crippen molar-refractivity contribution in [1.82, 2.24) is 0 Å². The maximum absolute atomic E-state index is 12.5. The molecule has 0 saturated heterocycles. The zero-order valence-electron chi connectivity index (χ0n) is 14.3. The van der Waals surface area contributed by atoms with E-state index < -0.39 is 0 Å². The van der Waals surface area contributed by atoms with Crippen LogP contribution in [-0.2, 0) is 17.6 Å². The predicted molar refractivity (Wildman–Crippen MR) is 99.9 cm³/mol. The largest absolute Gasteiger partial charge is 0.299 e. The van der Waals surface area contributed by atoms with Crippen LogP contribution >= 0.6 is 0 Å². The van der Waals surface area contributed by atoms with E-state index in [-0.39, 0.29) is 5.92 Å². The topological polar surface area (TPSA) is 17.1 Å². The van der Waals surface area contributed by atoms with E-state index in [1.807, 2.05) is 30.3 Å². The number of carbonyl (C=O) groups is 1. The quantitative estimate of drug-likeness (QED) is 0.651. The number of Topliss-reactive ketones (excluding diaryl/α,β-unsaturated/α-hetero) is 1. The molecule has 1 nitrogen and oxygen atoms in total. The molecule has 0 heterocycles. The van der Waals surface area contributed by atoms with E-state index in [0.717, 1.165) is 37.7 Å². The van der Waals surface area contributed by atoms with Crippen molar-refractivity contribution in [1.29, 1.82) is 0 Å². The second-order valence-corrected chi connectivity index (χ2v) is 7.00. The van der Waals surface area contributed by atoms with Crippen LogP contribution in [0, 0.1) is 11.8 Å². The summed E-state index contributed by atoms with van der Waals surface area (Å²) in [7, 11) is 0. The second kappa shape index (κ2) is 8.10. The van der Waals surface area contributed by atoms with Crippen molar-refractivity contribution >= 4 is 5.78 Å². The smallest absolute Gasteiger partial charge is 0.140 e. The third-order valence-electron chi connectivity index (χ3n) is 5.26. The van der Waals surface area contributed by atoms with Gasteiger partial charge in [0, 0.05) is 12.3 Å². The van der Waals surface area contributed by atoms with Gasteiger partial charge in [-0.1, -0.05) is 72.8 Å². The zero-order chi connectivity index (χ0) is 16.8. The van der Waals surface area contributed by atoms with Gasteiger partial charge in [0.2, 0.25) is 0 Å². The summed E-state index contributed by atoms with van der Waals surface area (Å²) in [6.07, 6.45) is 5.80. The molecule has 2 aromatic rings. The van der Waals surface area contributed by atoms with Gasteiger partial charge in [-0.05, 0) is 49.1 Å². The van der Waals surface area contributed by atoms with Crippen molar-refractivity contribution in [3.05, 3.63) is 83.9 Å². The van der Waals surface area contributed by atoms with Gasteiger partial charge < -0.3 is 0 Å². The molecule has 24 heavy (non-hydrogen) atoms. The Morgan fingerprint density at radius 1 is 0.750 bits per heavy atom. The lowest BCUT2D eigenvalue weighted by Gasteiger charge is -2.29. The monoisotopic (exact) mass is 318 g/mol. The van der Waals surface area contributed by atoms with E-state index in [0.29, 0.717) is 18.1 Å². The van der Waals surface area contributed by atoms with E-state index in [1.165, 1.54) is 11.1 Å². The highest BCUT2D eigenvalue weighted by molar-refractivity contribution is 5.83. The van der Waals surface area contributed by atoms with Crippen LogP contribution in [0.15, 0.2) is 72.8 Å². The van der Waals surface area contributed by atoms with Crippen molar-refractivity contribution in [2.45, 2.75) is 38.5 Å². The molecule has 0 unspecified atom stereocenters. The molecule has 1 aliphatic carbocycles. The van der Waals surface area contributed by atoms with E-state index in [4.69, 9.17) is 0 Å². The van der Waals surface area contributed by atoms with Gasteiger partial charge in [-0.3, -0.25) is 4.79 Å².